The van der Waals surface area contributed by atoms with Crippen molar-refractivity contribution in [2.24, 2.45) is 11.8 Å². The van der Waals surface area contributed by atoms with Crippen molar-refractivity contribution in [3.05, 3.63) is 28.6 Å². The van der Waals surface area contributed by atoms with Gasteiger partial charge < -0.3 is 24.3 Å². The van der Waals surface area contributed by atoms with E-state index >= 15 is 0 Å². The van der Waals surface area contributed by atoms with E-state index in [1.165, 1.54) is 6.47 Å². The van der Waals surface area contributed by atoms with Gasteiger partial charge in [0, 0.05) is 39.9 Å². The minimum absolute atomic E-state index is 0. The average molecular weight is 825 g/mol. The van der Waals surface area contributed by atoms with Gasteiger partial charge in [-0.05, 0) is 12.8 Å². The van der Waals surface area contributed by atoms with Gasteiger partial charge in [0.15, 0.2) is 0 Å². The van der Waals surface area contributed by atoms with Gasteiger partial charge in [-0.1, -0.05) is 34.2 Å². The zero-order chi connectivity index (χ0) is 15.0. The molecule has 0 amide bonds. The van der Waals surface area contributed by atoms with Gasteiger partial charge in [-0.15, -0.1) is 0 Å². The van der Waals surface area contributed by atoms with Gasteiger partial charge in [0.25, 0.3) is 0 Å². The summed E-state index contributed by atoms with van der Waals surface area (Å²) in [4.78, 5) is 20.0. The molecule has 0 bridgehead atoms. The Kier molecular flexibility index (Phi) is 19.0. The van der Waals surface area contributed by atoms with Crippen LogP contribution in [0.4, 0.5) is 0 Å². The Morgan fingerprint density at radius 3 is 1.95 bits per heavy atom. The molecule has 0 fully saturated rings. The summed E-state index contributed by atoms with van der Waals surface area (Å²) < 4.78 is 13.6. The van der Waals surface area contributed by atoms with Crippen LogP contribution in [0.2, 0.25) is 0 Å². The van der Waals surface area contributed by atoms with Crippen molar-refractivity contribution in [1.82, 2.24) is 0 Å². The summed E-state index contributed by atoms with van der Waals surface area (Å²) in [7, 11) is 0. The van der Waals surface area contributed by atoms with Crippen molar-refractivity contribution < 1.29 is 58.3 Å². The van der Waals surface area contributed by atoms with E-state index in [9.17, 15) is 9.59 Å². The first kappa shape index (κ1) is 28.7. The Hall–Kier alpha value is -1.36. The predicted octanol–water partition coefficient (Wildman–Crippen LogP) is 2.74. The predicted molar refractivity (Wildman–Crippen MR) is 70.0 cm³/mol. The van der Waals surface area contributed by atoms with Crippen LogP contribution in [0.5, 0.6) is 0 Å². The Bertz CT molecular complexity index is 419. The van der Waals surface area contributed by atoms with E-state index in [1.54, 1.807) is 0 Å². The molecule has 0 aromatic carbocycles. The minimum atomic E-state index is -0.694. The maximum absolute atomic E-state index is 10.4. The van der Waals surface area contributed by atoms with Gasteiger partial charge in [-0.2, -0.15) is 18.6 Å². The molecule has 1 unspecified atom stereocenters. The largest absolute Gasteiger partial charge is 0.651 e. The first-order chi connectivity index (χ1) is 8.79. The molecule has 0 aliphatic rings. The van der Waals surface area contributed by atoms with Crippen molar-refractivity contribution in [3.8, 4) is 0 Å². The van der Waals surface area contributed by atoms with E-state index < -0.39 is 5.82 Å². The molecule has 0 saturated heterocycles. The van der Waals surface area contributed by atoms with Gasteiger partial charge in [0.05, 0.1) is 6.10 Å². The van der Waals surface area contributed by atoms with Crippen molar-refractivity contribution in [2.45, 2.75) is 47.6 Å². The van der Waals surface area contributed by atoms with Gasteiger partial charge in [-0.25, -0.2) is 4.79 Å². The molecule has 0 saturated carbocycles. The first-order valence-corrected chi connectivity index (χ1v) is 6.17. The number of carbonyl (C=O) groups excluding carboxylic acids is 1. The summed E-state index contributed by atoms with van der Waals surface area (Å²) in [5.41, 5.74) is 0. The standard InChI is InChI=1S/C8H10O3.C6H11O2.Re.Rf.Rh/c1-5(2)6(3)7-4-10-8(9)11-7;1-5(2)6(3)8-4-7;;;/h5H,1-3H3;5-6H,1-3H3;;;/q-2;-1;;;. The minimum Gasteiger partial charge on any atom is -0.651 e. The molecule has 8 heteroatoms. The van der Waals surface area contributed by atoms with Gasteiger partial charge in [0.2, 0.25) is 0 Å². The fourth-order valence-corrected chi connectivity index (χ4v) is 0.848. The van der Waals surface area contributed by atoms with Crippen LogP contribution >= 0.6 is 0 Å². The number of hydrogen-bond acceptors (Lipinski definition) is 5. The summed E-state index contributed by atoms with van der Waals surface area (Å²) in [6.07, 6.45) is 2.39. The summed E-state index contributed by atoms with van der Waals surface area (Å²) in [6, 6.07) is 0. The van der Waals surface area contributed by atoms with E-state index in [4.69, 9.17) is 4.42 Å². The normalized spacial score (nSPS) is 10.2. The molecule has 2 radical (unpaired) electrons. The molecule has 1 aromatic rings. The second-order valence-electron chi connectivity index (χ2n) is 4.87. The first-order valence-electron chi connectivity index (χ1n) is 6.17. The zero-order valence-electron chi connectivity index (χ0n) is 13.7. The molecule has 1 atom stereocenters. The number of ether oxygens (including phenoxy) is 1. The van der Waals surface area contributed by atoms with Crippen LogP contribution in [-0.4, -0.2) is 12.6 Å². The van der Waals surface area contributed by atoms with Crippen LogP contribution in [0.1, 0.15) is 47.3 Å². The van der Waals surface area contributed by atoms with Crippen LogP contribution < -0.4 is 5.82 Å². The van der Waals surface area contributed by atoms with Crippen molar-refractivity contribution in [3.63, 3.8) is 0 Å². The molecular weight excluding hydrogens is 804 g/mol. The second kappa shape index (κ2) is 14.6. The zero-order valence-corrected chi connectivity index (χ0v) is 24.4. The Morgan fingerprint density at radius 2 is 1.73 bits per heavy atom. The number of hydrogen-bond donors (Lipinski definition) is 0. The maximum atomic E-state index is 10.4. The smallest absolute Gasteiger partial charge is 0.477 e. The molecule has 128 valence electrons. The fraction of sp³-hybridized carbons (Fsp3) is 0.643. The number of rotatable bonds is 5. The van der Waals surface area contributed by atoms with Crippen LogP contribution in [-0.2, 0) is 49.4 Å². The quantitative estimate of drug-likeness (QED) is 0.338. The summed E-state index contributed by atoms with van der Waals surface area (Å²) >= 11 is 0. The van der Waals surface area contributed by atoms with Crippen LogP contribution in [0.15, 0.2) is 13.6 Å². The average Bonchev–Trinajstić information content (AvgIpc) is 2.75. The molecular formula is C14H21O5ReRfRh-3. The van der Waals surface area contributed by atoms with Gasteiger partial charge in [-0.3, -0.25) is 6.26 Å². The second-order valence-corrected chi connectivity index (χ2v) is 4.87. The Morgan fingerprint density at radius 1 is 1.23 bits per heavy atom. The summed E-state index contributed by atoms with van der Waals surface area (Å²) in [6.45, 7) is 13.1. The molecule has 22 heavy (non-hydrogen) atoms. The Balaban J connectivity index is -0.000000135. The molecule has 1 heterocycles. The van der Waals surface area contributed by atoms with E-state index in [0.29, 0.717) is 17.6 Å². The molecule has 0 spiro atoms. The third-order valence-corrected chi connectivity index (χ3v) is 2.81. The van der Waals surface area contributed by atoms with Gasteiger partial charge >= 0.3 is 5.82 Å². The van der Waals surface area contributed by atoms with Crippen molar-refractivity contribution in [1.29, 1.82) is 0 Å². The van der Waals surface area contributed by atoms with Crippen LogP contribution in [0.25, 0.3) is 0 Å². The van der Waals surface area contributed by atoms with E-state index in [1.807, 2.05) is 41.5 Å². The monoisotopic (exact) mass is 826 g/mol. The Labute approximate surface area is 152 Å². The molecule has 0 aliphatic heterocycles. The van der Waals surface area contributed by atoms with Crippen LogP contribution in [0.3, 0.4) is 0 Å². The molecule has 0 N–H and O–H groups in total. The van der Waals surface area contributed by atoms with Crippen molar-refractivity contribution >= 4 is 6.47 Å². The molecule has 5 nitrogen and oxygen atoms in total. The van der Waals surface area contributed by atoms with E-state index in [-0.39, 0.29) is 46.0 Å². The molecule has 0 aliphatic carbocycles. The summed E-state index contributed by atoms with van der Waals surface area (Å²) in [5.74, 6) is 1.42. The SMILES string of the molecule is CC(C)C(C)O[C-]=O.C[C-](c1[c-]oc(=O)o1)C(C)C.[Re].[Rf].[Rh]. The van der Waals surface area contributed by atoms with Crippen molar-refractivity contribution in [2.75, 3.05) is 0 Å². The molecule has 1 aromatic heterocycles. The van der Waals surface area contributed by atoms with Gasteiger partial charge in [0.1, 0.15) is 0 Å². The van der Waals surface area contributed by atoms with E-state index in [2.05, 4.69) is 15.4 Å². The summed E-state index contributed by atoms with van der Waals surface area (Å²) in [5, 5.41) is 0. The molecule has 1 rings (SSSR count). The topological polar surface area (TPSA) is 69.7 Å². The van der Waals surface area contributed by atoms with E-state index in [0.717, 1.165) is 5.92 Å². The maximum Gasteiger partial charge on any atom is 0.477 e. The fourth-order valence-electron chi connectivity index (χ4n) is 0.848. The third-order valence-electron chi connectivity index (χ3n) is 2.81. The van der Waals surface area contributed by atoms with Crippen LogP contribution in [0, 0.1) is 24.0 Å². The third kappa shape index (κ3) is 11.3.